The third-order valence-electron chi connectivity index (χ3n) is 3.61. The maximum Gasteiger partial charge on any atom is 0.339 e. The van der Waals surface area contributed by atoms with Gasteiger partial charge in [0.2, 0.25) is 0 Å². The van der Waals surface area contributed by atoms with Crippen molar-refractivity contribution in [3.63, 3.8) is 0 Å². The van der Waals surface area contributed by atoms with Gasteiger partial charge in [0.15, 0.2) is 0 Å². The highest BCUT2D eigenvalue weighted by Crippen LogP contribution is 2.27. The zero-order chi connectivity index (χ0) is 14.1. The van der Waals surface area contributed by atoms with E-state index < -0.39 is 17.1 Å². The van der Waals surface area contributed by atoms with Crippen molar-refractivity contribution in [3.05, 3.63) is 0 Å². The van der Waals surface area contributed by atoms with Crippen LogP contribution in [0.4, 0.5) is 0 Å². The fourth-order valence-corrected chi connectivity index (χ4v) is 10.5. The molecule has 0 saturated heterocycles. The molecule has 0 rings (SSSR count). The van der Waals surface area contributed by atoms with Crippen LogP contribution in [-0.4, -0.2) is 45.6 Å². The second-order valence-corrected chi connectivity index (χ2v) is 12.5. The van der Waals surface area contributed by atoms with Gasteiger partial charge in [-0.1, -0.05) is 32.6 Å². The molecule has 0 unspecified atom stereocenters. The summed E-state index contributed by atoms with van der Waals surface area (Å²) in [6, 6.07) is 1.02. The normalized spacial score (nSPS) is 13.0. The average Bonchev–Trinajstić information content (AvgIpc) is 2.42. The van der Waals surface area contributed by atoms with Gasteiger partial charge >= 0.3 is 17.1 Å². The topological polar surface area (TPSA) is 36.9 Å². The Bertz CT molecular complexity index is 206. The van der Waals surface area contributed by atoms with E-state index in [4.69, 9.17) is 17.7 Å². The Balaban J connectivity index is 4.50. The van der Waals surface area contributed by atoms with E-state index in [9.17, 15) is 0 Å². The molecule has 0 bridgehead atoms. The van der Waals surface area contributed by atoms with Crippen molar-refractivity contribution in [3.8, 4) is 0 Å². The highest BCUT2D eigenvalue weighted by molar-refractivity contribution is 6.85. The van der Waals surface area contributed by atoms with Crippen LogP contribution in [-0.2, 0) is 17.7 Å². The average molecular weight is 295 g/mol. The van der Waals surface area contributed by atoms with Crippen molar-refractivity contribution < 1.29 is 17.7 Å². The molecule has 0 N–H and O–H groups in total. The van der Waals surface area contributed by atoms with E-state index in [0.29, 0.717) is 0 Å². The molecule has 0 spiro atoms. The number of hydrogen-bond donors (Lipinski definition) is 0. The molecule has 4 nitrogen and oxygen atoms in total. The van der Waals surface area contributed by atoms with Gasteiger partial charge in [0.05, 0.1) is 0 Å². The molecule has 0 fully saturated rings. The Kier molecular flexibility index (Phi) is 9.36. The zero-order valence-electron chi connectivity index (χ0n) is 12.9. The lowest BCUT2D eigenvalue weighted by atomic mass is 10.2. The summed E-state index contributed by atoms with van der Waals surface area (Å²) in [5, 5.41) is 0. The maximum absolute atomic E-state index is 5.76. The van der Waals surface area contributed by atoms with Crippen LogP contribution in [0.15, 0.2) is 0 Å². The molecule has 0 aliphatic rings. The summed E-state index contributed by atoms with van der Waals surface area (Å²) >= 11 is 0. The van der Waals surface area contributed by atoms with Gasteiger partial charge in [-0.05, 0) is 12.6 Å². The molecule has 0 aliphatic carbocycles. The molecule has 18 heavy (non-hydrogen) atoms. The lowest BCUT2D eigenvalue weighted by Crippen LogP contribution is -2.51. The Morgan fingerprint density at radius 3 is 1.72 bits per heavy atom. The van der Waals surface area contributed by atoms with Crippen LogP contribution in [0.3, 0.4) is 0 Å². The quantitative estimate of drug-likeness (QED) is 0.433. The lowest BCUT2D eigenvalue weighted by molar-refractivity contribution is 0.221. The largest absolute Gasteiger partial charge is 0.398 e. The van der Waals surface area contributed by atoms with Gasteiger partial charge in [-0.15, -0.1) is 0 Å². The summed E-state index contributed by atoms with van der Waals surface area (Å²) < 4.78 is 22.6. The summed E-state index contributed by atoms with van der Waals surface area (Å²) in [4.78, 5) is 0. The second-order valence-electron chi connectivity index (χ2n) is 4.85. The molecule has 0 aromatic heterocycles. The molecule has 0 saturated carbocycles. The van der Waals surface area contributed by atoms with Gasteiger partial charge < -0.3 is 17.7 Å². The molecular formula is C12H30O4Si2. The Morgan fingerprint density at radius 2 is 1.33 bits per heavy atom. The fraction of sp³-hybridized carbons (Fsp3) is 1.00. The summed E-state index contributed by atoms with van der Waals surface area (Å²) in [6.07, 6.45) is 4.94. The van der Waals surface area contributed by atoms with Crippen LogP contribution < -0.4 is 0 Å². The van der Waals surface area contributed by atoms with Gasteiger partial charge in [0, 0.05) is 34.1 Å². The number of hydrogen-bond acceptors (Lipinski definition) is 4. The second kappa shape index (κ2) is 9.22. The zero-order valence-corrected chi connectivity index (χ0v) is 14.9. The van der Waals surface area contributed by atoms with Crippen molar-refractivity contribution in [2.45, 2.75) is 50.9 Å². The van der Waals surface area contributed by atoms with Gasteiger partial charge in [0.25, 0.3) is 0 Å². The van der Waals surface area contributed by atoms with Gasteiger partial charge in [-0.25, -0.2) is 0 Å². The Morgan fingerprint density at radius 1 is 0.778 bits per heavy atom. The molecule has 0 heterocycles. The van der Waals surface area contributed by atoms with E-state index in [1.165, 1.54) is 25.7 Å². The Labute approximate surface area is 114 Å². The van der Waals surface area contributed by atoms with Gasteiger partial charge in [-0.2, -0.15) is 0 Å². The minimum absolute atomic E-state index is 0.826. The van der Waals surface area contributed by atoms with Gasteiger partial charge in [0.1, 0.15) is 0 Å². The first kappa shape index (κ1) is 18.3. The van der Waals surface area contributed by atoms with Crippen LogP contribution >= 0.6 is 0 Å². The van der Waals surface area contributed by atoms with E-state index in [1.807, 2.05) is 0 Å². The Hall–Kier alpha value is 0.274. The van der Waals surface area contributed by atoms with E-state index in [0.717, 1.165) is 11.7 Å². The predicted octanol–water partition coefficient (Wildman–Crippen LogP) is 3.21. The fourth-order valence-electron chi connectivity index (χ4n) is 2.06. The molecule has 0 aromatic rings. The molecule has 0 amide bonds. The maximum atomic E-state index is 5.76. The molecule has 0 radical (unpaired) electrons. The van der Waals surface area contributed by atoms with Crippen LogP contribution in [0.25, 0.3) is 0 Å². The van der Waals surface area contributed by atoms with Gasteiger partial charge in [-0.3, -0.25) is 0 Å². The first-order valence-electron chi connectivity index (χ1n) is 6.72. The monoisotopic (exact) mass is 294 g/mol. The van der Waals surface area contributed by atoms with Crippen molar-refractivity contribution in [1.82, 2.24) is 0 Å². The number of unbranched alkanes of at least 4 members (excludes halogenated alkanes) is 3. The smallest absolute Gasteiger partial charge is 0.339 e. The number of rotatable bonds is 11. The third kappa shape index (κ3) is 5.94. The SMILES string of the molecule is CCCCCC[Si](C[Si](C)(OC)OC)(OC)OC. The minimum Gasteiger partial charge on any atom is -0.398 e. The van der Waals surface area contributed by atoms with Crippen LogP contribution in [0.5, 0.6) is 0 Å². The van der Waals surface area contributed by atoms with Crippen LogP contribution in [0.2, 0.25) is 18.3 Å². The lowest BCUT2D eigenvalue weighted by Gasteiger charge is -2.33. The van der Waals surface area contributed by atoms with Crippen molar-refractivity contribution >= 4 is 17.1 Å². The summed E-state index contributed by atoms with van der Waals surface area (Å²) in [7, 11) is 2.67. The van der Waals surface area contributed by atoms with Crippen LogP contribution in [0.1, 0.15) is 32.6 Å². The van der Waals surface area contributed by atoms with E-state index >= 15 is 0 Å². The van der Waals surface area contributed by atoms with E-state index in [2.05, 4.69) is 13.5 Å². The van der Waals surface area contributed by atoms with Crippen molar-refractivity contribution in [1.29, 1.82) is 0 Å². The summed E-state index contributed by atoms with van der Waals surface area (Å²) in [5.74, 6) is 0. The van der Waals surface area contributed by atoms with Crippen LogP contribution in [0, 0.1) is 0 Å². The highest BCUT2D eigenvalue weighted by Gasteiger charge is 2.46. The third-order valence-corrected chi connectivity index (χ3v) is 12.7. The minimum atomic E-state index is -2.16. The summed E-state index contributed by atoms with van der Waals surface area (Å²) in [5.41, 5.74) is 0.826. The molecule has 0 atom stereocenters. The molecule has 6 heteroatoms. The highest BCUT2D eigenvalue weighted by atomic mass is 28.4. The van der Waals surface area contributed by atoms with E-state index in [-0.39, 0.29) is 0 Å². The molecule has 0 aliphatic heterocycles. The van der Waals surface area contributed by atoms with E-state index in [1.54, 1.807) is 28.4 Å². The first-order valence-corrected chi connectivity index (χ1v) is 11.5. The predicted molar refractivity (Wildman–Crippen MR) is 79.2 cm³/mol. The first-order chi connectivity index (χ1) is 8.51. The van der Waals surface area contributed by atoms with Crippen molar-refractivity contribution in [2.24, 2.45) is 0 Å². The molecule has 0 aromatic carbocycles. The summed E-state index contributed by atoms with van der Waals surface area (Å²) in [6.45, 7) is 4.29. The van der Waals surface area contributed by atoms with Crippen molar-refractivity contribution in [2.75, 3.05) is 28.4 Å². The standard InChI is InChI=1S/C12H30O4Si2/c1-7-8-9-10-11-18(15-4,16-5)12-17(6,13-2)14-3/h7-12H2,1-6H3. The molecule has 110 valence electrons. The molecular weight excluding hydrogens is 264 g/mol.